The van der Waals surface area contributed by atoms with Gasteiger partial charge in [0.1, 0.15) is 0 Å². The smallest absolute Gasteiger partial charge is 0.352 e. The number of rotatable bonds is 6. The minimum Gasteiger partial charge on any atom is -0.352 e. The van der Waals surface area contributed by atoms with Gasteiger partial charge in [-0.05, 0) is 24.5 Å². The Morgan fingerprint density at radius 1 is 1.14 bits per heavy atom. The van der Waals surface area contributed by atoms with Crippen molar-refractivity contribution in [1.29, 1.82) is 0 Å². The van der Waals surface area contributed by atoms with Gasteiger partial charge < -0.3 is 15.1 Å². The van der Waals surface area contributed by atoms with E-state index in [1.54, 1.807) is 12.1 Å². The summed E-state index contributed by atoms with van der Waals surface area (Å²) < 4.78 is 36.5. The van der Waals surface area contributed by atoms with Gasteiger partial charge >= 0.3 is 6.18 Å². The number of nitrogens with zero attached hydrogens (tertiary/aromatic N) is 4. The molecule has 28 heavy (non-hydrogen) atoms. The lowest BCUT2D eigenvalue weighted by Crippen LogP contribution is -2.48. The molecule has 1 aliphatic carbocycles. The zero-order valence-electron chi connectivity index (χ0n) is 15.3. The first-order valence-electron chi connectivity index (χ1n) is 9.23. The quantitative estimate of drug-likeness (QED) is 0.741. The van der Waals surface area contributed by atoms with Crippen LogP contribution in [0.4, 0.5) is 19.0 Å². The molecule has 7 nitrogen and oxygen atoms in total. The van der Waals surface area contributed by atoms with Gasteiger partial charge in [-0.3, -0.25) is 9.59 Å². The van der Waals surface area contributed by atoms with Crippen molar-refractivity contribution in [2.24, 2.45) is 5.92 Å². The van der Waals surface area contributed by atoms with Gasteiger partial charge in [0.25, 0.3) is 5.91 Å². The Bertz CT molecular complexity index is 724. The van der Waals surface area contributed by atoms with E-state index in [1.165, 1.54) is 17.7 Å². The highest BCUT2D eigenvalue weighted by Crippen LogP contribution is 2.31. The van der Waals surface area contributed by atoms with Crippen LogP contribution in [-0.4, -0.2) is 65.8 Å². The van der Waals surface area contributed by atoms with E-state index in [4.69, 9.17) is 0 Å². The summed E-state index contributed by atoms with van der Waals surface area (Å²) in [4.78, 5) is 27.0. The molecule has 152 valence electrons. The van der Waals surface area contributed by atoms with Crippen LogP contribution in [0.1, 0.15) is 29.8 Å². The molecule has 2 amide bonds. The molecule has 1 N–H and O–H groups in total. The minimum atomic E-state index is -4.50. The fraction of sp³-hybridized carbons (Fsp3) is 0.556. The maximum absolute atomic E-state index is 12.2. The van der Waals surface area contributed by atoms with Gasteiger partial charge in [0.05, 0.1) is 0 Å². The summed E-state index contributed by atoms with van der Waals surface area (Å²) in [5.41, 5.74) is 0.241. The highest BCUT2D eigenvalue weighted by molar-refractivity contribution is 5.92. The Hall–Kier alpha value is -2.65. The third-order valence-corrected chi connectivity index (χ3v) is 4.75. The van der Waals surface area contributed by atoms with E-state index in [0.29, 0.717) is 31.5 Å². The standard InChI is InChI=1S/C18H22F3N5O2/c19-18(20,21)7-5-16(27)26-11-9-25(10-12-26)15-4-3-14(23-24-15)17(28)22-8-6-13-1-2-13/h3-5,7,13H,1-2,6,8-12H2,(H,22,28)/b7-5+. The fourth-order valence-electron chi connectivity index (χ4n) is 2.93. The van der Waals surface area contributed by atoms with Crippen molar-refractivity contribution in [3.63, 3.8) is 0 Å². The predicted molar refractivity (Wildman–Crippen MR) is 95.7 cm³/mol. The minimum absolute atomic E-state index is 0.0540. The Balaban J connectivity index is 1.46. The maximum atomic E-state index is 12.2. The van der Waals surface area contributed by atoms with Gasteiger partial charge in [0, 0.05) is 44.9 Å². The second kappa shape index (κ2) is 8.57. The van der Waals surface area contributed by atoms with Crippen LogP contribution in [-0.2, 0) is 4.79 Å². The largest absolute Gasteiger partial charge is 0.409 e. The average Bonchev–Trinajstić information content (AvgIpc) is 3.50. The number of allylic oxidation sites excluding steroid dienone is 1. The second-order valence-electron chi connectivity index (χ2n) is 6.95. The molecule has 1 saturated heterocycles. The Morgan fingerprint density at radius 2 is 1.86 bits per heavy atom. The van der Waals surface area contributed by atoms with Crippen molar-refractivity contribution < 1.29 is 22.8 Å². The first kappa shape index (κ1) is 20.1. The Morgan fingerprint density at radius 3 is 2.43 bits per heavy atom. The molecule has 10 heteroatoms. The molecule has 2 fully saturated rings. The summed E-state index contributed by atoms with van der Waals surface area (Å²) in [5.74, 6) is 0.378. The van der Waals surface area contributed by atoms with Crippen LogP contribution in [0.15, 0.2) is 24.3 Å². The lowest BCUT2D eigenvalue weighted by Gasteiger charge is -2.34. The lowest BCUT2D eigenvalue weighted by molar-refractivity contribution is -0.127. The normalized spacial score (nSPS) is 17.8. The van der Waals surface area contributed by atoms with E-state index in [2.05, 4.69) is 15.5 Å². The van der Waals surface area contributed by atoms with Crippen molar-refractivity contribution in [3.8, 4) is 0 Å². The van der Waals surface area contributed by atoms with E-state index >= 15 is 0 Å². The number of piperazine rings is 1. The van der Waals surface area contributed by atoms with Crippen LogP contribution < -0.4 is 10.2 Å². The van der Waals surface area contributed by atoms with Gasteiger partial charge in [-0.1, -0.05) is 12.8 Å². The molecule has 2 aliphatic rings. The first-order chi connectivity index (χ1) is 13.3. The molecule has 0 radical (unpaired) electrons. The molecule has 2 heterocycles. The average molecular weight is 397 g/mol. The van der Waals surface area contributed by atoms with E-state index in [0.717, 1.165) is 12.3 Å². The molecule has 3 rings (SSSR count). The number of hydrogen-bond donors (Lipinski definition) is 1. The topological polar surface area (TPSA) is 78.4 Å². The van der Waals surface area contributed by atoms with Crippen LogP contribution in [0.2, 0.25) is 0 Å². The molecule has 0 spiro atoms. The number of alkyl halides is 3. The number of aromatic nitrogens is 2. The Kier molecular flexibility index (Phi) is 6.15. The first-order valence-corrected chi connectivity index (χ1v) is 9.23. The number of anilines is 1. The lowest BCUT2D eigenvalue weighted by atomic mass is 10.2. The van der Waals surface area contributed by atoms with E-state index in [1.807, 2.05) is 4.90 Å². The molecule has 0 bridgehead atoms. The third kappa shape index (κ3) is 5.93. The zero-order valence-corrected chi connectivity index (χ0v) is 15.3. The summed E-state index contributed by atoms with van der Waals surface area (Å²) >= 11 is 0. The van der Waals surface area contributed by atoms with Crippen LogP contribution in [0, 0.1) is 5.92 Å². The number of amides is 2. The summed E-state index contributed by atoms with van der Waals surface area (Å²) in [6.45, 7) is 2.05. The van der Waals surface area contributed by atoms with E-state index in [-0.39, 0.29) is 30.8 Å². The fourth-order valence-corrected chi connectivity index (χ4v) is 2.93. The van der Waals surface area contributed by atoms with Gasteiger partial charge in [-0.15, -0.1) is 10.2 Å². The predicted octanol–water partition coefficient (Wildman–Crippen LogP) is 1.77. The maximum Gasteiger partial charge on any atom is 0.409 e. The van der Waals surface area contributed by atoms with Gasteiger partial charge in [-0.25, -0.2) is 0 Å². The van der Waals surface area contributed by atoms with E-state index in [9.17, 15) is 22.8 Å². The van der Waals surface area contributed by atoms with Crippen LogP contribution >= 0.6 is 0 Å². The van der Waals surface area contributed by atoms with Gasteiger partial charge in [0.2, 0.25) is 5.91 Å². The highest BCUT2D eigenvalue weighted by Gasteiger charge is 2.25. The van der Waals surface area contributed by atoms with Gasteiger partial charge in [0.15, 0.2) is 11.5 Å². The summed E-state index contributed by atoms with van der Waals surface area (Å²) in [6.07, 6.45) is -0.547. The molecule has 0 atom stereocenters. The Labute approximate surface area is 160 Å². The number of nitrogens with one attached hydrogen (secondary N) is 1. The summed E-state index contributed by atoms with van der Waals surface area (Å²) in [6, 6.07) is 3.28. The second-order valence-corrected chi connectivity index (χ2v) is 6.95. The molecular weight excluding hydrogens is 375 g/mol. The van der Waals surface area contributed by atoms with Crippen LogP contribution in [0.3, 0.4) is 0 Å². The van der Waals surface area contributed by atoms with Crippen molar-refractivity contribution in [3.05, 3.63) is 30.0 Å². The van der Waals surface area contributed by atoms with Crippen molar-refractivity contribution >= 4 is 17.6 Å². The molecule has 1 saturated carbocycles. The summed E-state index contributed by atoms with van der Waals surface area (Å²) in [7, 11) is 0. The van der Waals surface area contributed by atoms with Crippen molar-refractivity contribution in [1.82, 2.24) is 20.4 Å². The zero-order chi connectivity index (χ0) is 20.1. The number of carbonyl (C=O) groups excluding carboxylic acids is 2. The van der Waals surface area contributed by atoms with Gasteiger partial charge in [-0.2, -0.15) is 13.2 Å². The highest BCUT2D eigenvalue weighted by atomic mass is 19.4. The van der Waals surface area contributed by atoms with Crippen molar-refractivity contribution in [2.75, 3.05) is 37.6 Å². The number of halogens is 3. The molecule has 1 aromatic rings. The number of hydrogen-bond acceptors (Lipinski definition) is 5. The number of carbonyl (C=O) groups is 2. The molecular formula is C18H22F3N5O2. The van der Waals surface area contributed by atoms with Crippen LogP contribution in [0.25, 0.3) is 0 Å². The van der Waals surface area contributed by atoms with E-state index < -0.39 is 12.1 Å². The SMILES string of the molecule is O=C(NCCC1CC1)c1ccc(N2CCN(C(=O)/C=C/C(F)(F)F)CC2)nn1. The van der Waals surface area contributed by atoms with Crippen LogP contribution in [0.5, 0.6) is 0 Å². The monoisotopic (exact) mass is 397 g/mol. The molecule has 0 aromatic carbocycles. The third-order valence-electron chi connectivity index (χ3n) is 4.75. The van der Waals surface area contributed by atoms with Crippen molar-refractivity contribution in [2.45, 2.75) is 25.4 Å². The summed E-state index contributed by atoms with van der Waals surface area (Å²) in [5, 5.41) is 10.8. The molecule has 1 aliphatic heterocycles. The molecule has 1 aromatic heterocycles. The molecule has 0 unspecified atom stereocenters.